The minimum absolute atomic E-state index is 0.350. The molecule has 1 saturated carbocycles. The van der Waals surface area contributed by atoms with Gasteiger partial charge in [0.1, 0.15) is 0 Å². The molecule has 0 radical (unpaired) electrons. The molecule has 0 spiro atoms. The predicted octanol–water partition coefficient (Wildman–Crippen LogP) is 2.63. The minimum Gasteiger partial charge on any atom is -0.353 e. The molecule has 0 bridgehead atoms. The first-order chi connectivity index (χ1) is 9.03. The fourth-order valence-corrected chi connectivity index (χ4v) is 3.46. The molecule has 2 unspecified atom stereocenters. The first-order valence-corrected chi connectivity index (χ1v) is 7.52. The van der Waals surface area contributed by atoms with Gasteiger partial charge in [0, 0.05) is 37.6 Å². The van der Waals surface area contributed by atoms with Crippen LogP contribution in [0.3, 0.4) is 0 Å². The summed E-state index contributed by atoms with van der Waals surface area (Å²) in [6.45, 7) is 4.46. The lowest BCUT2D eigenvalue weighted by molar-refractivity contribution is 0.0748. The predicted molar refractivity (Wildman–Crippen MR) is 81.2 cm³/mol. The topological polar surface area (TPSA) is 20.2 Å². The second-order valence-corrected chi connectivity index (χ2v) is 6.53. The number of aromatic nitrogens is 1. The number of likely N-dealkylation sites (N-methyl/N-ethyl adjacent to an activating group) is 1. The molecule has 3 heteroatoms. The molecule has 2 rings (SSSR count). The second kappa shape index (κ2) is 6.10. The summed E-state index contributed by atoms with van der Waals surface area (Å²) in [5.74, 6) is 0.855. The molecule has 1 heterocycles. The van der Waals surface area contributed by atoms with Crippen LogP contribution < -0.4 is 5.32 Å². The van der Waals surface area contributed by atoms with E-state index in [4.69, 9.17) is 0 Å². The van der Waals surface area contributed by atoms with Gasteiger partial charge in [0.25, 0.3) is 0 Å². The van der Waals surface area contributed by atoms with Crippen LogP contribution in [-0.4, -0.2) is 35.6 Å². The van der Waals surface area contributed by atoms with Crippen LogP contribution in [0.5, 0.6) is 0 Å². The SMILES string of the molecule is CC1CCCC(CNCc2cccn2C)(N(C)C)C1. The van der Waals surface area contributed by atoms with Gasteiger partial charge in [0.05, 0.1) is 0 Å². The Morgan fingerprint density at radius 2 is 2.26 bits per heavy atom. The summed E-state index contributed by atoms with van der Waals surface area (Å²) in [5, 5.41) is 3.68. The van der Waals surface area contributed by atoms with Crippen LogP contribution in [0.1, 0.15) is 38.3 Å². The van der Waals surface area contributed by atoms with Crippen molar-refractivity contribution < 1.29 is 0 Å². The van der Waals surface area contributed by atoms with E-state index in [0.717, 1.165) is 19.0 Å². The second-order valence-electron chi connectivity index (χ2n) is 6.53. The molecule has 0 aromatic carbocycles. The summed E-state index contributed by atoms with van der Waals surface area (Å²) in [6.07, 6.45) is 7.52. The maximum absolute atomic E-state index is 3.68. The van der Waals surface area contributed by atoms with E-state index in [1.807, 2.05) is 0 Å². The van der Waals surface area contributed by atoms with Gasteiger partial charge in [0.15, 0.2) is 0 Å². The number of hydrogen-bond acceptors (Lipinski definition) is 2. The summed E-state index contributed by atoms with van der Waals surface area (Å²) in [4.78, 5) is 2.45. The van der Waals surface area contributed by atoms with Gasteiger partial charge in [-0.3, -0.25) is 0 Å². The first kappa shape index (κ1) is 14.6. The van der Waals surface area contributed by atoms with E-state index in [2.05, 4.69) is 61.2 Å². The number of nitrogens with one attached hydrogen (secondary N) is 1. The van der Waals surface area contributed by atoms with Crippen molar-refractivity contribution >= 4 is 0 Å². The highest BCUT2D eigenvalue weighted by Gasteiger charge is 2.36. The van der Waals surface area contributed by atoms with Gasteiger partial charge >= 0.3 is 0 Å². The molecule has 1 aromatic rings. The van der Waals surface area contributed by atoms with E-state index in [-0.39, 0.29) is 0 Å². The lowest BCUT2D eigenvalue weighted by atomic mass is 9.75. The normalized spacial score (nSPS) is 27.9. The average Bonchev–Trinajstić information content (AvgIpc) is 2.75. The van der Waals surface area contributed by atoms with E-state index in [0.29, 0.717) is 5.54 Å². The lowest BCUT2D eigenvalue weighted by Gasteiger charge is -2.45. The van der Waals surface area contributed by atoms with Crippen LogP contribution in [0, 0.1) is 5.92 Å². The van der Waals surface area contributed by atoms with Crippen molar-refractivity contribution in [1.82, 2.24) is 14.8 Å². The molecule has 1 N–H and O–H groups in total. The molecule has 0 saturated heterocycles. The molecule has 108 valence electrons. The maximum Gasteiger partial charge on any atom is 0.0359 e. The van der Waals surface area contributed by atoms with Crippen LogP contribution in [0.4, 0.5) is 0 Å². The highest BCUT2D eigenvalue weighted by Crippen LogP contribution is 2.35. The summed E-state index contributed by atoms with van der Waals surface area (Å²) in [6, 6.07) is 4.31. The van der Waals surface area contributed by atoms with Crippen LogP contribution in [0.25, 0.3) is 0 Å². The zero-order chi connectivity index (χ0) is 13.9. The molecule has 0 amide bonds. The fourth-order valence-electron chi connectivity index (χ4n) is 3.46. The Morgan fingerprint density at radius 1 is 1.47 bits per heavy atom. The van der Waals surface area contributed by atoms with E-state index in [9.17, 15) is 0 Å². The zero-order valence-corrected chi connectivity index (χ0v) is 12.9. The van der Waals surface area contributed by atoms with E-state index >= 15 is 0 Å². The minimum atomic E-state index is 0.350. The van der Waals surface area contributed by atoms with Gasteiger partial charge in [-0.25, -0.2) is 0 Å². The van der Waals surface area contributed by atoms with Crippen LogP contribution in [-0.2, 0) is 13.6 Å². The third-order valence-electron chi connectivity index (χ3n) is 4.83. The van der Waals surface area contributed by atoms with Gasteiger partial charge in [-0.15, -0.1) is 0 Å². The number of hydrogen-bond donors (Lipinski definition) is 1. The summed E-state index contributed by atoms with van der Waals surface area (Å²) < 4.78 is 2.19. The van der Waals surface area contributed by atoms with Gasteiger partial charge in [-0.05, 0) is 45.0 Å². The Kier molecular flexibility index (Phi) is 4.69. The molecule has 2 atom stereocenters. The summed E-state index contributed by atoms with van der Waals surface area (Å²) in [5.41, 5.74) is 1.71. The molecule has 1 aromatic heterocycles. The van der Waals surface area contributed by atoms with Crippen LogP contribution in [0.2, 0.25) is 0 Å². The van der Waals surface area contributed by atoms with Gasteiger partial charge in [-0.2, -0.15) is 0 Å². The van der Waals surface area contributed by atoms with Crippen molar-refractivity contribution in [1.29, 1.82) is 0 Å². The molecule has 0 aliphatic heterocycles. The molecule has 1 fully saturated rings. The smallest absolute Gasteiger partial charge is 0.0359 e. The standard InChI is InChI=1S/C16H29N3/c1-14-7-5-9-16(11-14,18(2)3)13-17-12-15-8-6-10-19(15)4/h6,8,10,14,17H,5,7,9,11-13H2,1-4H3. The van der Waals surface area contributed by atoms with Gasteiger partial charge < -0.3 is 14.8 Å². The summed E-state index contributed by atoms with van der Waals surface area (Å²) >= 11 is 0. The van der Waals surface area contributed by atoms with Crippen molar-refractivity contribution in [3.8, 4) is 0 Å². The average molecular weight is 263 g/mol. The third kappa shape index (κ3) is 3.40. The number of rotatable bonds is 5. The highest BCUT2D eigenvalue weighted by atomic mass is 15.2. The van der Waals surface area contributed by atoms with E-state index in [1.54, 1.807) is 0 Å². The van der Waals surface area contributed by atoms with Gasteiger partial charge in [-0.1, -0.05) is 19.8 Å². The number of nitrogens with zero attached hydrogens (tertiary/aromatic N) is 2. The quantitative estimate of drug-likeness (QED) is 0.881. The maximum atomic E-state index is 3.68. The van der Waals surface area contributed by atoms with Crippen LogP contribution in [0.15, 0.2) is 18.3 Å². The number of aryl methyl sites for hydroxylation is 1. The van der Waals surface area contributed by atoms with Gasteiger partial charge in [0.2, 0.25) is 0 Å². The Labute approximate surface area is 118 Å². The first-order valence-electron chi connectivity index (χ1n) is 7.52. The highest BCUT2D eigenvalue weighted by molar-refractivity contribution is 5.06. The zero-order valence-electron chi connectivity index (χ0n) is 12.9. The fraction of sp³-hybridized carbons (Fsp3) is 0.750. The third-order valence-corrected chi connectivity index (χ3v) is 4.83. The Hall–Kier alpha value is -0.800. The molecular formula is C16H29N3. The molecule has 19 heavy (non-hydrogen) atoms. The summed E-state index contributed by atoms with van der Waals surface area (Å²) in [7, 11) is 6.59. The molecule has 1 aliphatic carbocycles. The Bertz CT molecular complexity index is 396. The van der Waals surface area contributed by atoms with Crippen molar-refractivity contribution in [3.05, 3.63) is 24.0 Å². The monoisotopic (exact) mass is 263 g/mol. The Morgan fingerprint density at radius 3 is 2.84 bits per heavy atom. The molecule has 3 nitrogen and oxygen atoms in total. The lowest BCUT2D eigenvalue weighted by Crippen LogP contribution is -2.54. The van der Waals surface area contributed by atoms with Crippen molar-refractivity contribution in [3.63, 3.8) is 0 Å². The van der Waals surface area contributed by atoms with Crippen molar-refractivity contribution in [2.75, 3.05) is 20.6 Å². The largest absolute Gasteiger partial charge is 0.353 e. The Balaban J connectivity index is 1.92. The van der Waals surface area contributed by atoms with Crippen LogP contribution >= 0.6 is 0 Å². The van der Waals surface area contributed by atoms with Crippen molar-refractivity contribution in [2.45, 2.75) is 44.7 Å². The van der Waals surface area contributed by atoms with Crippen molar-refractivity contribution in [2.24, 2.45) is 13.0 Å². The van der Waals surface area contributed by atoms with E-state index in [1.165, 1.54) is 31.4 Å². The molecule has 1 aliphatic rings. The molecular weight excluding hydrogens is 234 g/mol. The van der Waals surface area contributed by atoms with E-state index < -0.39 is 0 Å².